The van der Waals surface area contributed by atoms with Crippen molar-refractivity contribution >= 4 is 11.4 Å². The lowest BCUT2D eigenvalue weighted by molar-refractivity contribution is -0.110. The molecule has 4 heterocycles. The number of aliphatic hydroxyl groups is 1. The maximum atomic E-state index is 14.0. The highest BCUT2D eigenvalue weighted by Crippen LogP contribution is 2.47. The molecule has 0 radical (unpaired) electrons. The number of carbonyl (C=O) groups is 1. The Balaban J connectivity index is 1.39. The van der Waals surface area contributed by atoms with Gasteiger partial charge in [0, 0.05) is 30.9 Å². The van der Waals surface area contributed by atoms with Gasteiger partial charge in [-0.25, -0.2) is 4.98 Å². The fourth-order valence-corrected chi connectivity index (χ4v) is 6.03. The Hall–Kier alpha value is -3.51. The molecule has 4 aromatic rings. The van der Waals surface area contributed by atoms with Crippen LogP contribution in [0.2, 0.25) is 0 Å². The Morgan fingerprint density at radius 3 is 2.59 bits per heavy atom. The molecule has 6 nitrogen and oxygen atoms in total. The highest BCUT2D eigenvalue weighted by atomic mass is 16.3. The van der Waals surface area contributed by atoms with E-state index in [0.29, 0.717) is 24.5 Å². The molecule has 0 unspecified atom stereocenters. The van der Waals surface area contributed by atoms with Crippen molar-refractivity contribution in [1.29, 1.82) is 0 Å². The van der Waals surface area contributed by atoms with Crippen molar-refractivity contribution in [2.75, 3.05) is 6.54 Å². The van der Waals surface area contributed by atoms with Crippen LogP contribution in [0.1, 0.15) is 48.2 Å². The molecule has 0 spiro atoms. The second-order valence-electron chi connectivity index (χ2n) is 9.45. The maximum absolute atomic E-state index is 14.0. The van der Waals surface area contributed by atoms with E-state index in [-0.39, 0.29) is 17.9 Å². The summed E-state index contributed by atoms with van der Waals surface area (Å²) in [6.45, 7) is 0.510. The summed E-state index contributed by atoms with van der Waals surface area (Å²) in [4.78, 5) is 25.3. The fourth-order valence-electron chi connectivity index (χ4n) is 6.03. The Labute approximate surface area is 198 Å². The molecule has 1 saturated carbocycles. The lowest BCUT2D eigenvalue weighted by Gasteiger charge is -2.52. The Bertz CT molecular complexity index is 1320. The van der Waals surface area contributed by atoms with Crippen LogP contribution < -0.4 is 0 Å². The van der Waals surface area contributed by atoms with Gasteiger partial charge in [0.15, 0.2) is 11.5 Å². The van der Waals surface area contributed by atoms with Crippen LogP contribution in [0.3, 0.4) is 0 Å². The minimum absolute atomic E-state index is 0.000955. The summed E-state index contributed by atoms with van der Waals surface area (Å²) >= 11 is 0. The molecule has 6 rings (SSSR count). The highest BCUT2D eigenvalue weighted by molar-refractivity contribution is 6.00. The number of hydrogen-bond acceptors (Lipinski definition) is 4. The van der Waals surface area contributed by atoms with Gasteiger partial charge in [-0.1, -0.05) is 55.3 Å². The van der Waals surface area contributed by atoms with E-state index in [1.165, 1.54) is 0 Å². The number of aromatic nitrogens is 3. The van der Waals surface area contributed by atoms with Gasteiger partial charge in [0.25, 0.3) is 5.91 Å². The lowest BCUT2D eigenvalue weighted by atomic mass is 9.66. The van der Waals surface area contributed by atoms with Crippen molar-refractivity contribution in [2.45, 2.75) is 43.7 Å². The summed E-state index contributed by atoms with van der Waals surface area (Å²) in [7, 11) is 0. The van der Waals surface area contributed by atoms with Gasteiger partial charge in [0.05, 0.1) is 11.1 Å². The zero-order chi connectivity index (χ0) is 23.1. The molecular formula is C28H28N4O2. The molecule has 1 amide bonds. The average Bonchev–Trinajstić information content (AvgIpc) is 3.30. The first-order valence-electron chi connectivity index (χ1n) is 12.1. The van der Waals surface area contributed by atoms with Gasteiger partial charge in [0.2, 0.25) is 0 Å². The summed E-state index contributed by atoms with van der Waals surface area (Å²) in [6.07, 6.45) is 8.17. The molecule has 6 heteroatoms. The minimum atomic E-state index is -0.904. The second kappa shape index (κ2) is 8.37. The Morgan fingerprint density at radius 2 is 1.76 bits per heavy atom. The van der Waals surface area contributed by atoms with E-state index in [1.807, 2.05) is 82.2 Å². The predicted molar refractivity (Wildman–Crippen MR) is 130 cm³/mol. The normalized spacial score (nSPS) is 24.7. The van der Waals surface area contributed by atoms with Crippen LogP contribution in [0.15, 0.2) is 79.1 Å². The van der Waals surface area contributed by atoms with Crippen LogP contribution in [0.5, 0.6) is 0 Å². The third kappa shape index (κ3) is 3.32. The number of benzene rings is 1. The number of pyridine rings is 2. The molecule has 0 bridgehead atoms. The van der Waals surface area contributed by atoms with Gasteiger partial charge in [-0.2, -0.15) is 0 Å². The van der Waals surface area contributed by atoms with Crippen LogP contribution >= 0.6 is 0 Å². The van der Waals surface area contributed by atoms with Crippen molar-refractivity contribution in [3.05, 3.63) is 90.4 Å². The second-order valence-corrected chi connectivity index (χ2v) is 9.45. The van der Waals surface area contributed by atoms with Gasteiger partial charge in [-0.15, -0.1) is 0 Å². The van der Waals surface area contributed by atoms with E-state index >= 15 is 0 Å². The van der Waals surface area contributed by atoms with E-state index in [4.69, 9.17) is 4.98 Å². The van der Waals surface area contributed by atoms with Crippen molar-refractivity contribution in [3.8, 4) is 11.5 Å². The van der Waals surface area contributed by atoms with Crippen molar-refractivity contribution < 1.29 is 9.90 Å². The van der Waals surface area contributed by atoms with Gasteiger partial charge in [-0.05, 0) is 49.1 Å². The number of imidazole rings is 1. The quantitative estimate of drug-likeness (QED) is 0.490. The summed E-state index contributed by atoms with van der Waals surface area (Å²) < 4.78 is 1.94. The lowest BCUT2D eigenvalue weighted by Crippen LogP contribution is -2.59. The van der Waals surface area contributed by atoms with Gasteiger partial charge in [0.1, 0.15) is 5.69 Å². The molecular weight excluding hydrogens is 424 g/mol. The number of rotatable bonds is 3. The third-order valence-electron chi connectivity index (χ3n) is 7.66. The zero-order valence-corrected chi connectivity index (χ0v) is 19.0. The van der Waals surface area contributed by atoms with E-state index in [9.17, 15) is 9.90 Å². The van der Waals surface area contributed by atoms with E-state index in [1.54, 1.807) is 6.20 Å². The van der Waals surface area contributed by atoms with E-state index in [0.717, 1.165) is 42.5 Å². The summed E-state index contributed by atoms with van der Waals surface area (Å²) in [5.41, 5.74) is 2.03. The third-order valence-corrected chi connectivity index (χ3v) is 7.66. The Morgan fingerprint density at radius 1 is 0.971 bits per heavy atom. The first kappa shape index (κ1) is 21.1. The van der Waals surface area contributed by atoms with Crippen molar-refractivity contribution in [3.63, 3.8) is 0 Å². The number of piperidine rings is 1. The van der Waals surface area contributed by atoms with Crippen LogP contribution in [0.4, 0.5) is 0 Å². The van der Waals surface area contributed by atoms with Gasteiger partial charge >= 0.3 is 0 Å². The van der Waals surface area contributed by atoms with Crippen molar-refractivity contribution in [2.24, 2.45) is 5.92 Å². The summed E-state index contributed by atoms with van der Waals surface area (Å²) in [5.74, 6) is 0.626. The molecule has 2 aliphatic rings. The van der Waals surface area contributed by atoms with Crippen LogP contribution in [-0.2, 0) is 5.60 Å². The number of carbonyl (C=O) groups excluding carboxylic acids is 1. The molecule has 34 heavy (non-hydrogen) atoms. The number of amides is 1. The molecule has 1 aliphatic heterocycles. The summed E-state index contributed by atoms with van der Waals surface area (Å²) in [5, 5.41) is 11.9. The maximum Gasteiger partial charge on any atom is 0.274 e. The molecule has 2 fully saturated rings. The number of fused-ring (bicyclic) bond motifs is 2. The predicted octanol–water partition coefficient (Wildman–Crippen LogP) is 4.69. The highest BCUT2D eigenvalue weighted by Gasteiger charge is 2.50. The standard InChI is InChI=1S/C28H28N4O2/c33-27(25-24-15-7-9-18-31(24)26(30-25)22-13-6-8-17-29-22)32-19-16-28(34,20-10-2-1-3-11-20)21-12-4-5-14-23(21)32/h1-3,6-11,13,15,17-18,21,23,34H,4-5,12,14,16,19H2/t21-,23+,28-/m0/s1. The molecule has 1 aliphatic carbocycles. The zero-order valence-electron chi connectivity index (χ0n) is 19.0. The largest absolute Gasteiger partial charge is 0.385 e. The topological polar surface area (TPSA) is 70.7 Å². The first-order valence-corrected chi connectivity index (χ1v) is 12.1. The monoisotopic (exact) mass is 452 g/mol. The van der Waals surface area contributed by atoms with Gasteiger partial charge < -0.3 is 10.0 Å². The molecule has 1 aromatic carbocycles. The van der Waals surface area contributed by atoms with Crippen molar-refractivity contribution in [1.82, 2.24) is 19.3 Å². The van der Waals surface area contributed by atoms with Crippen LogP contribution in [0.25, 0.3) is 17.0 Å². The number of nitrogens with zero attached hydrogens (tertiary/aromatic N) is 4. The smallest absolute Gasteiger partial charge is 0.274 e. The SMILES string of the molecule is O=C(c1nc(-c2ccccn2)n2ccccc12)N1CC[C@](O)(c2ccccc2)[C@H]2CCCC[C@H]21. The number of likely N-dealkylation sites (tertiary alicyclic amines) is 1. The molecule has 3 aromatic heterocycles. The van der Waals surface area contributed by atoms with E-state index in [2.05, 4.69) is 4.98 Å². The fraction of sp³-hybridized carbons (Fsp3) is 0.321. The van der Waals surface area contributed by atoms with Crippen LogP contribution in [-0.4, -0.2) is 42.9 Å². The summed E-state index contributed by atoms with van der Waals surface area (Å²) in [6, 6.07) is 21.5. The van der Waals surface area contributed by atoms with Gasteiger partial charge in [-0.3, -0.25) is 14.2 Å². The first-order chi connectivity index (χ1) is 16.7. The average molecular weight is 453 g/mol. The Kier molecular flexibility index (Phi) is 5.18. The number of hydrogen-bond donors (Lipinski definition) is 1. The molecule has 1 saturated heterocycles. The van der Waals surface area contributed by atoms with Crippen LogP contribution in [0, 0.1) is 5.92 Å². The molecule has 3 atom stereocenters. The minimum Gasteiger partial charge on any atom is -0.385 e. The van der Waals surface area contributed by atoms with E-state index < -0.39 is 5.60 Å². The molecule has 172 valence electrons. The molecule has 1 N–H and O–H groups in total.